The number of piperazine rings is 1. The van der Waals surface area contributed by atoms with Gasteiger partial charge in [-0.05, 0) is 48.9 Å². The molecule has 0 spiro atoms. The standard InChI is InChI=1S/C25H26N8O2/c1-18-8-10-26-22(16-18)28-21-6-7-23(30-29-21)31-12-14-32(15-13-31)24(34)9-11-33-17-27-20-5-3-2-4-19(20)25(33)35/h2-8,10,16-17H,9,11-15H2,1H3,(H,26,28,29). The van der Waals surface area contributed by atoms with Crippen LogP contribution in [0.25, 0.3) is 10.9 Å². The molecule has 1 N–H and O–H groups in total. The van der Waals surface area contributed by atoms with Gasteiger partial charge in [-0.1, -0.05) is 12.1 Å². The molecule has 5 rings (SSSR count). The molecule has 0 atom stereocenters. The van der Waals surface area contributed by atoms with Crippen molar-refractivity contribution in [2.24, 2.45) is 0 Å². The lowest BCUT2D eigenvalue weighted by Gasteiger charge is -2.35. The summed E-state index contributed by atoms with van der Waals surface area (Å²) in [6, 6.07) is 14.9. The van der Waals surface area contributed by atoms with Gasteiger partial charge in [-0.2, -0.15) is 0 Å². The number of carbonyl (C=O) groups excluding carboxylic acids is 1. The Morgan fingerprint density at radius 1 is 0.971 bits per heavy atom. The second kappa shape index (κ2) is 9.88. The second-order valence-electron chi connectivity index (χ2n) is 8.50. The number of nitrogens with one attached hydrogen (secondary N) is 1. The molecule has 0 radical (unpaired) electrons. The average Bonchev–Trinajstić information content (AvgIpc) is 2.89. The molecule has 0 unspecified atom stereocenters. The van der Waals surface area contributed by atoms with E-state index in [0.717, 1.165) is 17.2 Å². The van der Waals surface area contributed by atoms with Gasteiger partial charge < -0.3 is 15.1 Å². The van der Waals surface area contributed by atoms with Gasteiger partial charge in [-0.15, -0.1) is 10.2 Å². The number of amides is 1. The van der Waals surface area contributed by atoms with Crippen molar-refractivity contribution in [3.05, 3.63) is 77.0 Å². The Kier molecular flexibility index (Phi) is 6.34. The number of anilines is 3. The lowest BCUT2D eigenvalue weighted by molar-refractivity contribution is -0.131. The zero-order valence-corrected chi connectivity index (χ0v) is 19.5. The van der Waals surface area contributed by atoms with Crippen molar-refractivity contribution in [1.29, 1.82) is 0 Å². The number of pyridine rings is 1. The number of aromatic nitrogens is 5. The molecule has 3 aromatic heterocycles. The van der Waals surface area contributed by atoms with Gasteiger partial charge in [0.1, 0.15) is 5.82 Å². The van der Waals surface area contributed by atoms with E-state index in [0.29, 0.717) is 49.4 Å². The van der Waals surface area contributed by atoms with Crippen molar-refractivity contribution < 1.29 is 4.79 Å². The molecular weight excluding hydrogens is 444 g/mol. The largest absolute Gasteiger partial charge is 0.352 e. The van der Waals surface area contributed by atoms with Crippen LogP contribution >= 0.6 is 0 Å². The Balaban J connectivity index is 1.13. The van der Waals surface area contributed by atoms with Crippen LogP contribution in [0.4, 0.5) is 17.5 Å². The number of benzene rings is 1. The van der Waals surface area contributed by atoms with Gasteiger partial charge >= 0.3 is 0 Å². The van der Waals surface area contributed by atoms with Crippen LogP contribution in [0.5, 0.6) is 0 Å². The lowest BCUT2D eigenvalue weighted by Crippen LogP contribution is -2.49. The minimum absolute atomic E-state index is 0.0287. The minimum Gasteiger partial charge on any atom is -0.352 e. The van der Waals surface area contributed by atoms with Gasteiger partial charge in [-0.3, -0.25) is 14.2 Å². The fourth-order valence-corrected chi connectivity index (χ4v) is 4.12. The van der Waals surface area contributed by atoms with Crippen LogP contribution in [0.2, 0.25) is 0 Å². The summed E-state index contributed by atoms with van der Waals surface area (Å²) in [5, 5.41) is 12.3. The minimum atomic E-state index is -0.122. The molecule has 1 aliphatic rings. The van der Waals surface area contributed by atoms with Crippen molar-refractivity contribution >= 4 is 34.3 Å². The van der Waals surface area contributed by atoms with Gasteiger partial charge in [0.2, 0.25) is 5.91 Å². The molecule has 1 saturated heterocycles. The number of aryl methyl sites for hydroxylation is 2. The zero-order chi connectivity index (χ0) is 24.2. The molecule has 1 aromatic carbocycles. The summed E-state index contributed by atoms with van der Waals surface area (Å²) in [4.78, 5) is 37.9. The average molecular weight is 471 g/mol. The molecule has 10 nitrogen and oxygen atoms in total. The number of fused-ring (bicyclic) bond motifs is 1. The van der Waals surface area contributed by atoms with E-state index < -0.39 is 0 Å². The van der Waals surface area contributed by atoms with Crippen LogP contribution in [0, 0.1) is 6.92 Å². The SMILES string of the molecule is Cc1ccnc(Nc2ccc(N3CCN(C(=O)CCn4cnc5ccccc5c4=O)CC3)nn2)c1. The van der Waals surface area contributed by atoms with Crippen molar-refractivity contribution in [2.75, 3.05) is 36.4 Å². The van der Waals surface area contributed by atoms with Crippen molar-refractivity contribution in [3.8, 4) is 0 Å². The smallest absolute Gasteiger partial charge is 0.261 e. The highest BCUT2D eigenvalue weighted by molar-refractivity contribution is 5.78. The molecule has 1 amide bonds. The molecule has 4 heterocycles. The number of nitrogens with zero attached hydrogens (tertiary/aromatic N) is 7. The highest BCUT2D eigenvalue weighted by atomic mass is 16.2. The molecule has 0 bridgehead atoms. The Hall–Kier alpha value is -4.34. The Morgan fingerprint density at radius 3 is 2.57 bits per heavy atom. The highest BCUT2D eigenvalue weighted by Crippen LogP contribution is 2.17. The summed E-state index contributed by atoms with van der Waals surface area (Å²) in [6.07, 6.45) is 3.52. The van der Waals surface area contributed by atoms with Crippen molar-refractivity contribution in [3.63, 3.8) is 0 Å². The summed E-state index contributed by atoms with van der Waals surface area (Å²) in [5.74, 6) is 2.15. The Bertz CT molecular complexity index is 1390. The predicted molar refractivity (Wildman–Crippen MR) is 134 cm³/mol. The molecule has 35 heavy (non-hydrogen) atoms. The normalized spacial score (nSPS) is 13.7. The van der Waals surface area contributed by atoms with E-state index in [1.807, 2.05) is 54.3 Å². The van der Waals surface area contributed by atoms with Gasteiger partial charge in [0.25, 0.3) is 5.56 Å². The van der Waals surface area contributed by atoms with Gasteiger partial charge in [-0.25, -0.2) is 9.97 Å². The molecule has 1 fully saturated rings. The van der Waals surface area contributed by atoms with Crippen molar-refractivity contribution in [2.45, 2.75) is 19.9 Å². The zero-order valence-electron chi connectivity index (χ0n) is 19.5. The summed E-state index contributed by atoms with van der Waals surface area (Å²) in [5.41, 5.74) is 1.65. The van der Waals surface area contributed by atoms with E-state index in [9.17, 15) is 9.59 Å². The van der Waals surface area contributed by atoms with Crippen molar-refractivity contribution in [1.82, 2.24) is 29.6 Å². The fourth-order valence-electron chi connectivity index (χ4n) is 4.12. The van der Waals surface area contributed by atoms with Crippen LogP contribution in [0.15, 0.2) is 65.8 Å². The number of para-hydroxylation sites is 1. The number of hydrogen-bond acceptors (Lipinski definition) is 8. The van der Waals surface area contributed by atoms with Crippen LogP contribution in [-0.4, -0.2) is 61.7 Å². The predicted octanol–water partition coefficient (Wildman–Crippen LogP) is 2.37. The van der Waals surface area contributed by atoms with E-state index in [-0.39, 0.29) is 17.9 Å². The third kappa shape index (κ3) is 5.11. The summed E-state index contributed by atoms with van der Waals surface area (Å²) >= 11 is 0. The van der Waals surface area contributed by atoms with Crippen LogP contribution in [-0.2, 0) is 11.3 Å². The molecule has 10 heteroatoms. The van der Waals surface area contributed by atoms with Gasteiger partial charge in [0.15, 0.2) is 11.6 Å². The maximum Gasteiger partial charge on any atom is 0.261 e. The third-order valence-electron chi connectivity index (χ3n) is 6.08. The Morgan fingerprint density at radius 2 is 1.80 bits per heavy atom. The maximum absolute atomic E-state index is 12.8. The number of hydrogen-bond donors (Lipinski definition) is 1. The van der Waals surface area contributed by atoms with E-state index in [4.69, 9.17) is 0 Å². The van der Waals surface area contributed by atoms with Crippen LogP contribution in [0.3, 0.4) is 0 Å². The third-order valence-corrected chi connectivity index (χ3v) is 6.08. The molecule has 0 saturated carbocycles. The van der Waals surface area contributed by atoms with E-state index in [1.54, 1.807) is 12.3 Å². The van der Waals surface area contributed by atoms with Crippen LogP contribution in [0.1, 0.15) is 12.0 Å². The summed E-state index contributed by atoms with van der Waals surface area (Å²) < 4.78 is 1.51. The maximum atomic E-state index is 12.8. The molecular formula is C25H26N8O2. The van der Waals surface area contributed by atoms with Gasteiger partial charge in [0.05, 0.1) is 17.2 Å². The molecule has 0 aliphatic carbocycles. The molecule has 178 valence electrons. The first-order valence-electron chi connectivity index (χ1n) is 11.6. The van der Waals surface area contributed by atoms with E-state index in [2.05, 4.69) is 30.4 Å². The number of rotatable bonds is 6. The summed E-state index contributed by atoms with van der Waals surface area (Å²) in [6.45, 7) is 4.85. The van der Waals surface area contributed by atoms with Gasteiger partial charge in [0, 0.05) is 45.3 Å². The van der Waals surface area contributed by atoms with E-state index in [1.165, 1.54) is 10.9 Å². The first kappa shape index (κ1) is 22.5. The van der Waals surface area contributed by atoms with Crippen LogP contribution < -0.4 is 15.8 Å². The second-order valence-corrected chi connectivity index (χ2v) is 8.50. The quantitative estimate of drug-likeness (QED) is 0.458. The molecule has 4 aromatic rings. The molecule has 1 aliphatic heterocycles. The monoisotopic (exact) mass is 470 g/mol. The summed E-state index contributed by atoms with van der Waals surface area (Å²) in [7, 11) is 0. The first-order chi connectivity index (χ1) is 17.1. The topological polar surface area (TPSA) is 109 Å². The number of carbonyl (C=O) groups is 1. The fraction of sp³-hybridized carbons (Fsp3) is 0.280. The first-order valence-corrected chi connectivity index (χ1v) is 11.6. The highest BCUT2D eigenvalue weighted by Gasteiger charge is 2.22. The lowest BCUT2D eigenvalue weighted by atomic mass is 10.2. The van der Waals surface area contributed by atoms with E-state index >= 15 is 0 Å². The Labute approximate surface area is 202 Å².